The number of hydrogen-bond donors (Lipinski definition) is 0. The predicted octanol–water partition coefficient (Wildman–Crippen LogP) is 2.79. The summed E-state index contributed by atoms with van der Waals surface area (Å²) in [6.07, 6.45) is 14.2. The predicted molar refractivity (Wildman–Crippen MR) is 65.6 cm³/mol. The minimum absolute atomic E-state index is 0.581. The second-order valence-corrected chi connectivity index (χ2v) is 4.36. The first-order valence-corrected chi connectivity index (χ1v) is 5.67. The first-order valence-electron chi connectivity index (χ1n) is 5.67. The SMILES string of the molecule is C=CCC1CN(CC=C)C2C=CC=CC12. The molecular formula is C14H19N. The van der Waals surface area contributed by atoms with Gasteiger partial charge in [0.15, 0.2) is 0 Å². The third-order valence-electron chi connectivity index (χ3n) is 3.42. The highest BCUT2D eigenvalue weighted by atomic mass is 15.2. The topological polar surface area (TPSA) is 3.24 Å². The Morgan fingerprint density at radius 1 is 1.20 bits per heavy atom. The maximum Gasteiger partial charge on any atom is 0.0350 e. The molecule has 1 saturated heterocycles. The maximum absolute atomic E-state index is 3.85. The molecule has 1 aliphatic heterocycles. The summed E-state index contributed by atoms with van der Waals surface area (Å²) in [7, 11) is 0. The van der Waals surface area contributed by atoms with Crippen molar-refractivity contribution < 1.29 is 0 Å². The monoisotopic (exact) mass is 201 g/mol. The van der Waals surface area contributed by atoms with Crippen LogP contribution in [0.5, 0.6) is 0 Å². The normalized spacial score (nSPS) is 34.0. The highest BCUT2D eigenvalue weighted by molar-refractivity contribution is 5.21. The van der Waals surface area contributed by atoms with Gasteiger partial charge in [0.25, 0.3) is 0 Å². The molecule has 0 aromatic carbocycles. The summed E-state index contributed by atoms with van der Waals surface area (Å²) < 4.78 is 0. The van der Waals surface area contributed by atoms with E-state index in [1.165, 1.54) is 6.54 Å². The minimum Gasteiger partial charge on any atom is -0.292 e. The average Bonchev–Trinajstić information content (AvgIpc) is 2.59. The summed E-state index contributed by atoms with van der Waals surface area (Å²) in [5, 5.41) is 0. The van der Waals surface area contributed by atoms with E-state index in [0.29, 0.717) is 12.0 Å². The summed E-state index contributed by atoms with van der Waals surface area (Å²) in [5.41, 5.74) is 0. The van der Waals surface area contributed by atoms with E-state index in [1.807, 2.05) is 12.2 Å². The van der Waals surface area contributed by atoms with Gasteiger partial charge in [0, 0.05) is 25.0 Å². The van der Waals surface area contributed by atoms with Crippen LogP contribution in [0.3, 0.4) is 0 Å². The minimum atomic E-state index is 0.581. The van der Waals surface area contributed by atoms with Crippen LogP contribution >= 0.6 is 0 Å². The lowest BCUT2D eigenvalue weighted by Crippen LogP contribution is -2.31. The Morgan fingerprint density at radius 2 is 2.00 bits per heavy atom. The Hall–Kier alpha value is -1.08. The zero-order valence-corrected chi connectivity index (χ0v) is 9.18. The number of likely N-dealkylation sites (tertiary alicyclic amines) is 1. The Bertz CT molecular complexity index is 270. The molecule has 15 heavy (non-hydrogen) atoms. The fraction of sp³-hybridized carbons (Fsp3) is 0.429. The molecule has 2 aliphatic rings. The molecule has 1 nitrogen and oxygen atoms in total. The van der Waals surface area contributed by atoms with Gasteiger partial charge in [-0.25, -0.2) is 0 Å². The summed E-state index contributed by atoms with van der Waals surface area (Å²) in [4.78, 5) is 2.51. The molecule has 0 spiro atoms. The van der Waals surface area contributed by atoms with Crippen LogP contribution in [-0.4, -0.2) is 24.0 Å². The van der Waals surface area contributed by atoms with Gasteiger partial charge in [-0.05, 0) is 12.3 Å². The van der Waals surface area contributed by atoms with Crippen LogP contribution < -0.4 is 0 Å². The molecule has 1 heteroatoms. The first-order chi connectivity index (χ1) is 7.36. The summed E-state index contributed by atoms with van der Waals surface area (Å²) in [6, 6.07) is 0.581. The molecule has 1 fully saturated rings. The molecule has 0 radical (unpaired) electrons. The lowest BCUT2D eigenvalue weighted by molar-refractivity contribution is 0.305. The molecule has 0 saturated carbocycles. The van der Waals surface area contributed by atoms with Crippen molar-refractivity contribution in [3.8, 4) is 0 Å². The number of fused-ring (bicyclic) bond motifs is 1. The molecule has 0 amide bonds. The van der Waals surface area contributed by atoms with E-state index in [4.69, 9.17) is 0 Å². The molecular weight excluding hydrogens is 182 g/mol. The Morgan fingerprint density at radius 3 is 2.73 bits per heavy atom. The van der Waals surface area contributed by atoms with Crippen molar-refractivity contribution in [1.29, 1.82) is 0 Å². The highest BCUT2D eigenvalue weighted by Crippen LogP contribution is 2.35. The Labute approximate surface area is 92.5 Å². The van der Waals surface area contributed by atoms with Crippen molar-refractivity contribution >= 4 is 0 Å². The molecule has 3 unspecified atom stereocenters. The van der Waals surface area contributed by atoms with Crippen LogP contribution in [0.25, 0.3) is 0 Å². The number of rotatable bonds is 4. The van der Waals surface area contributed by atoms with Crippen LogP contribution in [0, 0.1) is 11.8 Å². The second-order valence-electron chi connectivity index (χ2n) is 4.36. The average molecular weight is 201 g/mol. The fourth-order valence-corrected chi connectivity index (χ4v) is 2.77. The van der Waals surface area contributed by atoms with E-state index in [-0.39, 0.29) is 0 Å². The van der Waals surface area contributed by atoms with E-state index in [9.17, 15) is 0 Å². The first kappa shape index (κ1) is 10.4. The van der Waals surface area contributed by atoms with Crippen molar-refractivity contribution in [1.82, 2.24) is 4.90 Å². The van der Waals surface area contributed by atoms with Gasteiger partial charge in [0.1, 0.15) is 0 Å². The molecule has 0 N–H and O–H groups in total. The van der Waals surface area contributed by atoms with Gasteiger partial charge in [0.05, 0.1) is 0 Å². The van der Waals surface area contributed by atoms with Gasteiger partial charge in [-0.2, -0.15) is 0 Å². The van der Waals surface area contributed by atoms with E-state index in [1.54, 1.807) is 0 Å². The van der Waals surface area contributed by atoms with Crippen molar-refractivity contribution in [2.75, 3.05) is 13.1 Å². The molecule has 0 aromatic heterocycles. The zero-order chi connectivity index (χ0) is 10.7. The molecule has 1 aliphatic carbocycles. The van der Waals surface area contributed by atoms with Gasteiger partial charge in [-0.1, -0.05) is 36.5 Å². The molecule has 3 atom stereocenters. The van der Waals surface area contributed by atoms with E-state index in [0.717, 1.165) is 18.9 Å². The number of hydrogen-bond acceptors (Lipinski definition) is 1. The number of nitrogens with zero attached hydrogens (tertiary/aromatic N) is 1. The van der Waals surface area contributed by atoms with E-state index in [2.05, 4.69) is 42.4 Å². The van der Waals surface area contributed by atoms with Crippen molar-refractivity contribution in [3.63, 3.8) is 0 Å². The Kier molecular flexibility index (Phi) is 3.22. The molecule has 80 valence electrons. The van der Waals surface area contributed by atoms with Crippen LogP contribution in [0.4, 0.5) is 0 Å². The number of allylic oxidation sites excluding steroid dienone is 3. The van der Waals surface area contributed by atoms with Crippen molar-refractivity contribution in [3.05, 3.63) is 49.6 Å². The standard InChI is InChI=1S/C14H19N/c1-3-7-12-11-15(10-4-2)14-9-6-5-8-13(12)14/h3-6,8-9,12-14H,1-2,7,10-11H2. The lowest BCUT2D eigenvalue weighted by Gasteiger charge is -2.24. The van der Waals surface area contributed by atoms with Crippen molar-refractivity contribution in [2.24, 2.45) is 11.8 Å². The molecule has 2 rings (SSSR count). The van der Waals surface area contributed by atoms with Gasteiger partial charge in [-0.15, -0.1) is 13.2 Å². The third-order valence-corrected chi connectivity index (χ3v) is 3.42. The molecule has 1 heterocycles. The maximum atomic E-state index is 3.85. The zero-order valence-electron chi connectivity index (χ0n) is 9.18. The highest BCUT2D eigenvalue weighted by Gasteiger charge is 2.37. The van der Waals surface area contributed by atoms with Gasteiger partial charge < -0.3 is 0 Å². The van der Waals surface area contributed by atoms with Gasteiger partial charge in [0.2, 0.25) is 0 Å². The Balaban J connectivity index is 2.13. The summed E-state index contributed by atoms with van der Waals surface area (Å²) in [6.45, 7) is 9.84. The molecule has 0 bridgehead atoms. The van der Waals surface area contributed by atoms with Crippen LogP contribution in [-0.2, 0) is 0 Å². The largest absolute Gasteiger partial charge is 0.292 e. The summed E-state index contributed by atoms with van der Waals surface area (Å²) in [5.74, 6) is 1.40. The van der Waals surface area contributed by atoms with Crippen LogP contribution in [0.1, 0.15) is 6.42 Å². The fourth-order valence-electron chi connectivity index (χ4n) is 2.77. The molecule has 0 aromatic rings. The lowest BCUT2D eigenvalue weighted by atomic mass is 9.86. The van der Waals surface area contributed by atoms with E-state index >= 15 is 0 Å². The quantitative estimate of drug-likeness (QED) is 0.632. The van der Waals surface area contributed by atoms with Crippen LogP contribution in [0.15, 0.2) is 49.6 Å². The van der Waals surface area contributed by atoms with Gasteiger partial charge >= 0.3 is 0 Å². The van der Waals surface area contributed by atoms with Gasteiger partial charge in [-0.3, -0.25) is 4.90 Å². The summed E-state index contributed by atoms with van der Waals surface area (Å²) >= 11 is 0. The second kappa shape index (κ2) is 4.63. The van der Waals surface area contributed by atoms with Crippen molar-refractivity contribution in [2.45, 2.75) is 12.5 Å². The van der Waals surface area contributed by atoms with E-state index < -0.39 is 0 Å². The smallest absolute Gasteiger partial charge is 0.0350 e. The van der Waals surface area contributed by atoms with Crippen LogP contribution in [0.2, 0.25) is 0 Å². The third kappa shape index (κ3) is 1.98.